The summed E-state index contributed by atoms with van der Waals surface area (Å²) in [6.45, 7) is 6.45. The smallest absolute Gasteiger partial charge is 0.0445 e. The van der Waals surface area contributed by atoms with E-state index in [9.17, 15) is 9.90 Å². The molecule has 0 saturated heterocycles. The van der Waals surface area contributed by atoms with Crippen LogP contribution in [0.15, 0.2) is 0 Å². The summed E-state index contributed by atoms with van der Waals surface area (Å²) >= 11 is 0. The molecular formula is C36H75NO2. The third-order valence-corrected chi connectivity index (χ3v) is 8.94. The highest BCUT2D eigenvalue weighted by Gasteiger charge is 2.17. The number of hydrogen-bond donors (Lipinski definition) is 1. The monoisotopic (exact) mass is 554 g/mol. The van der Waals surface area contributed by atoms with Crippen molar-refractivity contribution in [3.8, 4) is 0 Å². The van der Waals surface area contributed by atoms with Crippen LogP contribution in [0.5, 0.6) is 0 Å². The molecule has 0 heterocycles. The molecule has 0 aromatic rings. The number of carboxylic acids is 1. The van der Waals surface area contributed by atoms with Crippen molar-refractivity contribution in [1.29, 1.82) is 0 Å². The second kappa shape index (κ2) is 33.6. The van der Waals surface area contributed by atoms with Gasteiger partial charge in [-0.15, -0.1) is 0 Å². The quantitative estimate of drug-likeness (QED) is 0.0841. The van der Waals surface area contributed by atoms with Crippen LogP contribution in [0.2, 0.25) is 0 Å². The maximum absolute atomic E-state index is 11.5. The van der Waals surface area contributed by atoms with E-state index in [4.69, 9.17) is 0 Å². The van der Waals surface area contributed by atoms with Gasteiger partial charge in [-0.25, -0.2) is 0 Å². The number of carbonyl (C=O) groups excluding carboxylic acids is 1. The molecule has 1 unspecified atom stereocenters. The van der Waals surface area contributed by atoms with Crippen LogP contribution in [0.3, 0.4) is 0 Å². The second-order valence-corrected chi connectivity index (χ2v) is 12.6. The summed E-state index contributed by atoms with van der Waals surface area (Å²) in [6, 6.07) is 0. The van der Waals surface area contributed by atoms with Crippen molar-refractivity contribution in [2.75, 3.05) is 0 Å². The first kappa shape index (κ1) is 40.6. The maximum atomic E-state index is 11.5. The van der Waals surface area contributed by atoms with E-state index < -0.39 is 5.97 Å². The van der Waals surface area contributed by atoms with Crippen LogP contribution in [-0.4, -0.2) is 5.97 Å². The van der Waals surface area contributed by atoms with E-state index in [2.05, 4.69) is 13.8 Å². The molecule has 0 aromatic heterocycles. The highest BCUT2D eigenvalue weighted by Crippen LogP contribution is 2.26. The Morgan fingerprint density at radius 2 is 0.641 bits per heavy atom. The Bertz CT molecular complexity index is 435. The Morgan fingerprint density at radius 1 is 0.436 bits per heavy atom. The molecule has 236 valence electrons. The van der Waals surface area contributed by atoms with E-state index in [-0.39, 0.29) is 12.1 Å². The summed E-state index contributed by atoms with van der Waals surface area (Å²) in [5.74, 6) is -0.820. The van der Waals surface area contributed by atoms with Gasteiger partial charge in [-0.2, -0.15) is 0 Å². The van der Waals surface area contributed by atoms with Gasteiger partial charge in [0.1, 0.15) is 0 Å². The standard InChI is InChI=1S/C36H72O2.H3N/c1-4-6-8-10-12-14-16-18-20-22-24-26-28-30-32-35(34(3)36(37)38)33-31-29-27-25-23-21-19-17-15-13-11-9-7-5-2;/h34-35H,4-33H2,1-3H3,(H,37,38);1H3. The molecule has 39 heavy (non-hydrogen) atoms. The van der Waals surface area contributed by atoms with Crippen molar-refractivity contribution in [3.63, 3.8) is 0 Å². The Labute approximate surface area is 247 Å². The van der Waals surface area contributed by atoms with Crippen LogP contribution in [0.1, 0.15) is 213 Å². The molecule has 3 heteroatoms. The van der Waals surface area contributed by atoms with Crippen molar-refractivity contribution >= 4 is 5.97 Å². The molecule has 0 amide bonds. The van der Waals surface area contributed by atoms with Crippen molar-refractivity contribution in [1.82, 2.24) is 6.15 Å². The molecule has 4 N–H and O–H groups in total. The van der Waals surface area contributed by atoms with Gasteiger partial charge in [0, 0.05) is 5.97 Å². The average molecular weight is 554 g/mol. The van der Waals surface area contributed by atoms with Gasteiger partial charge in [0.05, 0.1) is 0 Å². The van der Waals surface area contributed by atoms with E-state index in [1.807, 2.05) is 6.92 Å². The van der Waals surface area contributed by atoms with Crippen molar-refractivity contribution < 1.29 is 9.90 Å². The molecule has 0 spiro atoms. The molecule has 0 radical (unpaired) electrons. The summed E-state index contributed by atoms with van der Waals surface area (Å²) in [5, 5.41) is 11.5. The maximum Gasteiger partial charge on any atom is 0.0445 e. The Kier molecular flexibility index (Phi) is 35.0. The van der Waals surface area contributed by atoms with E-state index in [1.54, 1.807) is 0 Å². The number of carbonyl (C=O) groups is 1. The first-order valence-corrected chi connectivity index (χ1v) is 17.8. The fraction of sp³-hybridized carbons (Fsp3) is 0.972. The number of hydrogen-bond acceptors (Lipinski definition) is 2. The van der Waals surface area contributed by atoms with Crippen LogP contribution >= 0.6 is 0 Å². The van der Waals surface area contributed by atoms with Crippen LogP contribution in [0, 0.1) is 11.8 Å². The minimum absolute atomic E-state index is 0. The van der Waals surface area contributed by atoms with Crippen LogP contribution < -0.4 is 11.3 Å². The van der Waals surface area contributed by atoms with Gasteiger partial charge in [-0.3, -0.25) is 0 Å². The van der Waals surface area contributed by atoms with Gasteiger partial charge in [0.2, 0.25) is 0 Å². The van der Waals surface area contributed by atoms with Crippen molar-refractivity contribution in [3.05, 3.63) is 0 Å². The molecule has 0 aliphatic heterocycles. The van der Waals surface area contributed by atoms with E-state index in [0.29, 0.717) is 5.92 Å². The number of aliphatic carboxylic acids is 1. The average Bonchev–Trinajstić information content (AvgIpc) is 2.91. The fourth-order valence-electron chi connectivity index (χ4n) is 6.04. The topological polar surface area (TPSA) is 76.6 Å². The Balaban J connectivity index is 0. The molecule has 1 atom stereocenters. The first-order chi connectivity index (χ1) is 18.6. The third-order valence-electron chi connectivity index (χ3n) is 8.94. The van der Waals surface area contributed by atoms with Crippen LogP contribution in [0.25, 0.3) is 0 Å². The lowest BCUT2D eigenvalue weighted by atomic mass is 9.84. The highest BCUT2D eigenvalue weighted by molar-refractivity contribution is 5.67. The number of carboxylic acid groups (broad SMARTS) is 1. The van der Waals surface area contributed by atoms with Gasteiger partial charge in [-0.05, 0) is 24.7 Å². The SMILES string of the molecule is CCCCCCCCCCCCCCCCC(CCCCCCCCCCCCCCCC)C(C)C(=O)[O-].[NH4+]. The summed E-state index contributed by atoms with van der Waals surface area (Å²) in [5.41, 5.74) is 0. The Morgan fingerprint density at radius 3 is 0.846 bits per heavy atom. The predicted molar refractivity (Wildman–Crippen MR) is 174 cm³/mol. The van der Waals surface area contributed by atoms with Crippen molar-refractivity contribution in [2.45, 2.75) is 213 Å². The van der Waals surface area contributed by atoms with E-state index in [1.165, 1.54) is 180 Å². The van der Waals surface area contributed by atoms with Gasteiger partial charge in [0.25, 0.3) is 0 Å². The first-order valence-electron chi connectivity index (χ1n) is 17.8. The molecule has 0 bridgehead atoms. The summed E-state index contributed by atoms with van der Waals surface area (Å²) < 4.78 is 0. The molecule has 0 aliphatic rings. The largest absolute Gasteiger partial charge is 0.550 e. The highest BCUT2D eigenvalue weighted by atomic mass is 16.4. The third kappa shape index (κ3) is 30.2. The summed E-state index contributed by atoms with van der Waals surface area (Å²) in [6.07, 6.45) is 40.6. The molecule has 0 rings (SSSR count). The lowest BCUT2D eigenvalue weighted by molar-refractivity contribution is -0.312. The molecule has 0 fully saturated rings. The number of quaternary nitrogens is 1. The van der Waals surface area contributed by atoms with Crippen LogP contribution in [-0.2, 0) is 4.79 Å². The van der Waals surface area contributed by atoms with E-state index >= 15 is 0 Å². The number of rotatable bonds is 32. The van der Waals surface area contributed by atoms with Crippen LogP contribution in [0.4, 0.5) is 0 Å². The predicted octanol–water partition coefficient (Wildman–Crippen LogP) is 12.1. The lowest BCUT2D eigenvalue weighted by Crippen LogP contribution is -2.34. The fourth-order valence-corrected chi connectivity index (χ4v) is 6.04. The summed E-state index contributed by atoms with van der Waals surface area (Å²) in [7, 11) is 0. The Hall–Kier alpha value is -0.570. The molecule has 0 saturated carbocycles. The molecule has 3 nitrogen and oxygen atoms in total. The number of unbranched alkanes of at least 4 members (excludes halogenated alkanes) is 26. The molecule has 0 aliphatic carbocycles. The van der Waals surface area contributed by atoms with Gasteiger partial charge >= 0.3 is 0 Å². The zero-order chi connectivity index (χ0) is 27.9. The van der Waals surface area contributed by atoms with Gasteiger partial charge in [-0.1, -0.05) is 201 Å². The minimum atomic E-state index is -0.842. The normalized spacial score (nSPS) is 12.1. The van der Waals surface area contributed by atoms with Gasteiger partial charge in [0.15, 0.2) is 0 Å². The lowest BCUT2D eigenvalue weighted by Gasteiger charge is -2.25. The molecule has 0 aromatic carbocycles. The zero-order valence-electron chi connectivity index (χ0n) is 27.7. The minimum Gasteiger partial charge on any atom is -0.550 e. The van der Waals surface area contributed by atoms with Crippen molar-refractivity contribution in [2.24, 2.45) is 11.8 Å². The van der Waals surface area contributed by atoms with E-state index in [0.717, 1.165) is 12.8 Å². The van der Waals surface area contributed by atoms with Gasteiger partial charge < -0.3 is 16.1 Å². The molecular weight excluding hydrogens is 478 g/mol. The second-order valence-electron chi connectivity index (χ2n) is 12.6. The summed E-state index contributed by atoms with van der Waals surface area (Å²) in [4.78, 5) is 11.5. The zero-order valence-corrected chi connectivity index (χ0v) is 27.7.